The molecule has 0 radical (unpaired) electrons. The molecule has 7 heteroatoms. The predicted molar refractivity (Wildman–Crippen MR) is 62.3 cm³/mol. The molecule has 1 heterocycles. The second-order valence-corrected chi connectivity index (χ2v) is 4.53. The number of alkyl halides is 3. The van der Waals surface area contributed by atoms with Crippen LogP contribution in [0.4, 0.5) is 13.2 Å². The molecule has 0 unspecified atom stereocenters. The maximum absolute atomic E-state index is 12.5. The molecule has 0 saturated heterocycles. The van der Waals surface area contributed by atoms with E-state index in [1.165, 1.54) is 18.6 Å². The Bertz CT molecular complexity index is 620. The van der Waals surface area contributed by atoms with Crippen LogP contribution in [-0.4, -0.2) is 9.97 Å². The van der Waals surface area contributed by atoms with Crippen LogP contribution in [0.5, 0.6) is 0 Å². The van der Waals surface area contributed by atoms with Gasteiger partial charge in [0.1, 0.15) is 17.4 Å². The van der Waals surface area contributed by atoms with Crippen LogP contribution in [0.15, 0.2) is 46.7 Å². The highest BCUT2D eigenvalue weighted by atomic mass is 32.2. The summed E-state index contributed by atoms with van der Waals surface area (Å²) in [4.78, 5) is 8.10. The fourth-order valence-corrected chi connectivity index (χ4v) is 2.14. The lowest BCUT2D eigenvalue weighted by Gasteiger charge is -2.09. The van der Waals surface area contributed by atoms with Gasteiger partial charge in [0, 0.05) is 11.1 Å². The first-order chi connectivity index (χ1) is 9.00. The van der Waals surface area contributed by atoms with Crippen molar-refractivity contribution in [2.75, 3.05) is 0 Å². The lowest BCUT2D eigenvalue weighted by molar-refractivity contribution is -0.137. The minimum Gasteiger partial charge on any atom is -0.245 e. The van der Waals surface area contributed by atoms with Crippen LogP contribution in [0.1, 0.15) is 11.1 Å². The fourth-order valence-electron chi connectivity index (χ4n) is 1.33. The van der Waals surface area contributed by atoms with E-state index in [0.717, 1.165) is 23.9 Å². The first kappa shape index (κ1) is 13.4. The van der Waals surface area contributed by atoms with Gasteiger partial charge in [-0.25, -0.2) is 9.97 Å². The zero-order valence-corrected chi connectivity index (χ0v) is 10.2. The molecule has 0 spiro atoms. The Kier molecular flexibility index (Phi) is 3.71. The Morgan fingerprint density at radius 3 is 2.58 bits per heavy atom. The van der Waals surface area contributed by atoms with E-state index in [-0.39, 0.29) is 5.56 Å². The van der Waals surface area contributed by atoms with Gasteiger partial charge in [-0.05, 0) is 24.3 Å². The third kappa shape index (κ3) is 3.23. The van der Waals surface area contributed by atoms with Crippen LogP contribution in [0, 0.1) is 11.3 Å². The summed E-state index contributed by atoms with van der Waals surface area (Å²) in [5.41, 5.74) is -0.866. The summed E-state index contributed by atoms with van der Waals surface area (Å²) in [6.45, 7) is 0. The number of rotatable bonds is 2. The molecule has 1 aromatic carbocycles. The average molecular weight is 281 g/mol. The van der Waals surface area contributed by atoms with E-state index in [0.29, 0.717) is 9.92 Å². The molecule has 0 atom stereocenters. The number of nitrogens with zero attached hydrogens (tertiary/aromatic N) is 3. The van der Waals surface area contributed by atoms with Crippen LogP contribution in [-0.2, 0) is 6.18 Å². The van der Waals surface area contributed by atoms with Crippen molar-refractivity contribution in [2.45, 2.75) is 16.1 Å². The summed E-state index contributed by atoms with van der Waals surface area (Å²) in [5.74, 6) is 0. The van der Waals surface area contributed by atoms with E-state index in [1.54, 1.807) is 12.1 Å². The summed E-state index contributed by atoms with van der Waals surface area (Å²) in [5, 5.41) is 9.48. The second kappa shape index (κ2) is 5.28. The van der Waals surface area contributed by atoms with Crippen LogP contribution < -0.4 is 0 Å². The van der Waals surface area contributed by atoms with Crippen molar-refractivity contribution in [3.05, 3.63) is 47.9 Å². The Hall–Kier alpha value is -2.07. The van der Waals surface area contributed by atoms with Crippen molar-refractivity contribution < 1.29 is 13.2 Å². The highest BCUT2D eigenvalue weighted by molar-refractivity contribution is 7.99. The zero-order valence-electron chi connectivity index (χ0n) is 9.35. The van der Waals surface area contributed by atoms with E-state index in [2.05, 4.69) is 9.97 Å². The number of hydrogen-bond acceptors (Lipinski definition) is 4. The number of aromatic nitrogens is 2. The maximum atomic E-state index is 12.5. The van der Waals surface area contributed by atoms with Crippen LogP contribution in [0.3, 0.4) is 0 Å². The molecule has 2 rings (SSSR count). The van der Waals surface area contributed by atoms with Crippen LogP contribution in [0.2, 0.25) is 0 Å². The maximum Gasteiger partial charge on any atom is 0.416 e. The van der Waals surface area contributed by atoms with Gasteiger partial charge in [-0.3, -0.25) is 0 Å². The summed E-state index contributed by atoms with van der Waals surface area (Å²) >= 11 is 1.12. The number of benzene rings is 1. The van der Waals surface area contributed by atoms with Crippen molar-refractivity contribution >= 4 is 11.8 Å². The standard InChI is InChI=1S/C12H6F3N3S/c13-12(14,15)9-1-2-10(8(5-9)6-16)19-11-3-4-17-7-18-11/h1-5,7H. The van der Waals surface area contributed by atoms with Gasteiger partial charge in [0.15, 0.2) is 0 Å². The van der Waals surface area contributed by atoms with Crippen molar-refractivity contribution in [3.63, 3.8) is 0 Å². The normalized spacial score (nSPS) is 11.1. The summed E-state index contributed by atoms with van der Waals surface area (Å²) < 4.78 is 37.6. The zero-order chi connectivity index (χ0) is 13.9. The smallest absolute Gasteiger partial charge is 0.245 e. The Morgan fingerprint density at radius 1 is 1.21 bits per heavy atom. The van der Waals surface area contributed by atoms with E-state index < -0.39 is 11.7 Å². The third-order valence-electron chi connectivity index (χ3n) is 2.20. The molecule has 2 aromatic rings. The van der Waals surface area contributed by atoms with Crippen LogP contribution >= 0.6 is 11.8 Å². The second-order valence-electron chi connectivity index (χ2n) is 3.47. The molecule has 3 nitrogen and oxygen atoms in total. The fraction of sp³-hybridized carbons (Fsp3) is 0.0833. The molecule has 0 aliphatic carbocycles. The van der Waals surface area contributed by atoms with Gasteiger partial charge in [-0.2, -0.15) is 18.4 Å². The van der Waals surface area contributed by atoms with Gasteiger partial charge in [-0.1, -0.05) is 11.8 Å². The molecule has 0 amide bonds. The van der Waals surface area contributed by atoms with Gasteiger partial charge in [-0.15, -0.1) is 0 Å². The Morgan fingerprint density at radius 2 is 2.00 bits per heavy atom. The third-order valence-corrected chi connectivity index (χ3v) is 3.22. The molecular formula is C12H6F3N3S. The molecule has 0 aliphatic heterocycles. The molecule has 19 heavy (non-hydrogen) atoms. The largest absolute Gasteiger partial charge is 0.416 e. The predicted octanol–water partition coefficient (Wildman–Crippen LogP) is 3.52. The van der Waals surface area contributed by atoms with Crippen LogP contribution in [0.25, 0.3) is 0 Å². The highest BCUT2D eigenvalue weighted by Crippen LogP contribution is 2.34. The first-order valence-electron chi connectivity index (χ1n) is 5.06. The van der Waals surface area contributed by atoms with E-state index in [4.69, 9.17) is 5.26 Å². The highest BCUT2D eigenvalue weighted by Gasteiger charge is 2.31. The first-order valence-corrected chi connectivity index (χ1v) is 5.87. The molecule has 0 saturated carbocycles. The van der Waals surface area contributed by atoms with E-state index >= 15 is 0 Å². The van der Waals surface area contributed by atoms with Gasteiger partial charge in [0.05, 0.1) is 11.1 Å². The Labute approximate surface area is 111 Å². The molecule has 0 bridgehead atoms. The van der Waals surface area contributed by atoms with Gasteiger partial charge < -0.3 is 0 Å². The average Bonchev–Trinajstić information content (AvgIpc) is 2.39. The van der Waals surface area contributed by atoms with Gasteiger partial charge in [0.2, 0.25) is 0 Å². The van der Waals surface area contributed by atoms with E-state index in [9.17, 15) is 13.2 Å². The van der Waals surface area contributed by atoms with E-state index in [1.807, 2.05) is 0 Å². The summed E-state index contributed by atoms with van der Waals surface area (Å²) in [6.07, 6.45) is -1.60. The molecule has 0 fully saturated rings. The Balaban J connectivity index is 2.35. The molecular weight excluding hydrogens is 275 g/mol. The van der Waals surface area contributed by atoms with Crippen molar-refractivity contribution in [1.82, 2.24) is 9.97 Å². The minimum atomic E-state index is -4.45. The molecule has 0 N–H and O–H groups in total. The number of halogens is 3. The molecule has 1 aromatic heterocycles. The number of nitriles is 1. The monoisotopic (exact) mass is 281 g/mol. The van der Waals surface area contributed by atoms with Crippen molar-refractivity contribution in [1.29, 1.82) is 5.26 Å². The topological polar surface area (TPSA) is 49.6 Å². The quantitative estimate of drug-likeness (QED) is 0.790. The summed E-state index contributed by atoms with van der Waals surface area (Å²) in [6, 6.07) is 6.44. The summed E-state index contributed by atoms with van der Waals surface area (Å²) in [7, 11) is 0. The van der Waals surface area contributed by atoms with Gasteiger partial charge in [0.25, 0.3) is 0 Å². The lowest BCUT2D eigenvalue weighted by Crippen LogP contribution is -2.05. The van der Waals surface area contributed by atoms with Gasteiger partial charge >= 0.3 is 6.18 Å². The van der Waals surface area contributed by atoms with Crippen molar-refractivity contribution in [2.24, 2.45) is 0 Å². The lowest BCUT2D eigenvalue weighted by atomic mass is 10.1. The minimum absolute atomic E-state index is 0.0292. The number of hydrogen-bond donors (Lipinski definition) is 0. The molecule has 0 aliphatic rings. The van der Waals surface area contributed by atoms with Crippen molar-refractivity contribution in [3.8, 4) is 6.07 Å². The molecule has 96 valence electrons. The SMILES string of the molecule is N#Cc1cc(C(F)(F)F)ccc1Sc1ccncn1.